The van der Waals surface area contributed by atoms with Crippen molar-refractivity contribution in [1.29, 1.82) is 0 Å². The van der Waals surface area contributed by atoms with Crippen LogP contribution in [0.4, 0.5) is 17.1 Å². The van der Waals surface area contributed by atoms with E-state index in [-0.39, 0.29) is 18.0 Å². The summed E-state index contributed by atoms with van der Waals surface area (Å²) >= 11 is 0. The van der Waals surface area contributed by atoms with Gasteiger partial charge in [-0.3, -0.25) is 14.9 Å². The Morgan fingerprint density at radius 1 is 1.00 bits per heavy atom. The fourth-order valence-corrected chi connectivity index (χ4v) is 2.99. The Morgan fingerprint density at radius 3 is 2.15 bits per heavy atom. The van der Waals surface area contributed by atoms with E-state index < -0.39 is 4.92 Å². The number of anilines is 2. The fraction of sp³-hybridized carbons (Fsp3) is 0.381. The molecule has 0 heterocycles. The molecule has 0 atom stereocenters. The van der Waals surface area contributed by atoms with E-state index in [0.29, 0.717) is 24.1 Å². The van der Waals surface area contributed by atoms with Gasteiger partial charge in [0.1, 0.15) is 5.69 Å². The van der Waals surface area contributed by atoms with Crippen LogP contribution in [0.25, 0.3) is 0 Å². The second kappa shape index (κ2) is 9.16. The van der Waals surface area contributed by atoms with Crippen LogP contribution in [0.3, 0.4) is 0 Å². The first-order valence-electron chi connectivity index (χ1n) is 9.21. The van der Waals surface area contributed by atoms with E-state index in [9.17, 15) is 14.9 Å². The highest BCUT2D eigenvalue weighted by Crippen LogP contribution is 2.32. The summed E-state index contributed by atoms with van der Waals surface area (Å²) in [6.45, 7) is 8.73. The predicted octanol–water partition coefficient (Wildman–Crippen LogP) is 5.28. The average Bonchev–Trinajstić information content (AvgIpc) is 2.61. The van der Waals surface area contributed by atoms with Crippen molar-refractivity contribution in [2.45, 2.75) is 46.0 Å². The molecule has 144 valence electrons. The number of hydrogen-bond donors (Lipinski definition) is 2. The van der Waals surface area contributed by atoms with Crippen LogP contribution in [0.1, 0.15) is 57.1 Å². The molecule has 2 aromatic rings. The highest BCUT2D eigenvalue weighted by molar-refractivity contribution is 5.93. The number of amides is 1. The van der Waals surface area contributed by atoms with Gasteiger partial charge in [-0.05, 0) is 29.0 Å². The van der Waals surface area contributed by atoms with E-state index in [1.54, 1.807) is 18.2 Å². The Kier molecular flexibility index (Phi) is 6.93. The van der Waals surface area contributed by atoms with Gasteiger partial charge in [-0.2, -0.15) is 0 Å². The lowest BCUT2D eigenvalue weighted by Crippen LogP contribution is -2.19. The third kappa shape index (κ3) is 5.29. The highest BCUT2D eigenvalue weighted by atomic mass is 16.6. The Balaban J connectivity index is 2.06. The summed E-state index contributed by atoms with van der Waals surface area (Å²) in [7, 11) is 0. The summed E-state index contributed by atoms with van der Waals surface area (Å²) in [4.78, 5) is 23.1. The Labute approximate surface area is 160 Å². The van der Waals surface area contributed by atoms with Crippen molar-refractivity contribution in [2.24, 2.45) is 0 Å². The quantitative estimate of drug-likeness (QED) is 0.489. The van der Waals surface area contributed by atoms with Gasteiger partial charge in [-0.25, -0.2) is 0 Å². The SMILES string of the molecule is CC(C)c1cccc(C(C)C)c1NC(=O)CCNc1ccccc1[N+](=O)[O-]. The molecule has 0 aliphatic heterocycles. The first kappa shape index (κ1) is 20.4. The molecule has 0 saturated heterocycles. The molecular formula is C21H27N3O3. The van der Waals surface area contributed by atoms with Crippen LogP contribution in [0, 0.1) is 10.1 Å². The predicted molar refractivity (Wildman–Crippen MR) is 109 cm³/mol. The van der Waals surface area contributed by atoms with Crippen molar-refractivity contribution in [1.82, 2.24) is 0 Å². The maximum atomic E-state index is 12.5. The molecule has 0 aliphatic rings. The second-order valence-electron chi connectivity index (χ2n) is 7.12. The van der Waals surface area contributed by atoms with Crippen LogP contribution >= 0.6 is 0 Å². The highest BCUT2D eigenvalue weighted by Gasteiger charge is 2.16. The van der Waals surface area contributed by atoms with E-state index in [1.807, 2.05) is 18.2 Å². The second-order valence-corrected chi connectivity index (χ2v) is 7.12. The summed E-state index contributed by atoms with van der Waals surface area (Å²) in [5.41, 5.74) is 3.53. The monoisotopic (exact) mass is 369 g/mol. The molecule has 0 spiro atoms. The molecule has 6 nitrogen and oxygen atoms in total. The molecule has 0 radical (unpaired) electrons. The zero-order valence-corrected chi connectivity index (χ0v) is 16.3. The van der Waals surface area contributed by atoms with Gasteiger partial charge in [0.15, 0.2) is 0 Å². The normalized spacial score (nSPS) is 10.9. The van der Waals surface area contributed by atoms with Gasteiger partial charge < -0.3 is 10.6 Å². The number of benzene rings is 2. The van der Waals surface area contributed by atoms with Gasteiger partial charge in [-0.15, -0.1) is 0 Å². The van der Waals surface area contributed by atoms with Gasteiger partial charge in [0.05, 0.1) is 4.92 Å². The lowest BCUT2D eigenvalue weighted by molar-refractivity contribution is -0.384. The molecular weight excluding hydrogens is 342 g/mol. The maximum Gasteiger partial charge on any atom is 0.292 e. The molecule has 6 heteroatoms. The van der Waals surface area contributed by atoms with Crippen LogP contribution in [-0.2, 0) is 4.79 Å². The molecule has 2 aromatic carbocycles. The standard InChI is InChI=1S/C21H27N3O3/c1-14(2)16-8-7-9-17(15(3)4)21(16)23-20(25)12-13-22-18-10-5-6-11-19(18)24(26)27/h5-11,14-15,22H,12-13H2,1-4H3,(H,23,25). The molecule has 2 N–H and O–H groups in total. The molecule has 0 saturated carbocycles. The van der Waals surface area contributed by atoms with Gasteiger partial charge in [0.25, 0.3) is 5.69 Å². The molecule has 27 heavy (non-hydrogen) atoms. The number of para-hydroxylation sites is 3. The maximum absolute atomic E-state index is 12.5. The van der Waals surface area contributed by atoms with E-state index in [4.69, 9.17) is 0 Å². The first-order valence-corrected chi connectivity index (χ1v) is 9.21. The minimum atomic E-state index is -0.434. The number of hydrogen-bond acceptors (Lipinski definition) is 4. The number of nitrogens with one attached hydrogen (secondary N) is 2. The Morgan fingerprint density at radius 2 is 1.59 bits per heavy atom. The average molecular weight is 369 g/mol. The van der Waals surface area contributed by atoms with Crippen molar-refractivity contribution < 1.29 is 9.72 Å². The third-order valence-electron chi connectivity index (χ3n) is 4.41. The van der Waals surface area contributed by atoms with Crippen LogP contribution in [-0.4, -0.2) is 17.4 Å². The van der Waals surface area contributed by atoms with E-state index in [2.05, 4.69) is 38.3 Å². The van der Waals surface area contributed by atoms with Crippen LogP contribution in [0.2, 0.25) is 0 Å². The fourth-order valence-electron chi connectivity index (χ4n) is 2.99. The number of nitrogens with zero attached hydrogens (tertiary/aromatic N) is 1. The van der Waals surface area contributed by atoms with E-state index in [1.165, 1.54) is 6.07 Å². The summed E-state index contributed by atoms with van der Waals surface area (Å²) in [6, 6.07) is 12.5. The number of rotatable bonds is 8. The van der Waals surface area contributed by atoms with Crippen molar-refractivity contribution in [3.05, 3.63) is 63.7 Å². The Bertz CT molecular complexity index is 790. The minimum Gasteiger partial charge on any atom is -0.379 e. The number of carbonyl (C=O) groups is 1. The van der Waals surface area contributed by atoms with Crippen LogP contribution in [0.15, 0.2) is 42.5 Å². The molecule has 0 aromatic heterocycles. The zero-order chi connectivity index (χ0) is 20.0. The van der Waals surface area contributed by atoms with Gasteiger partial charge in [-0.1, -0.05) is 58.0 Å². The summed E-state index contributed by atoms with van der Waals surface area (Å²) in [5.74, 6) is 0.476. The summed E-state index contributed by atoms with van der Waals surface area (Å²) in [5, 5.41) is 17.1. The zero-order valence-electron chi connectivity index (χ0n) is 16.3. The van der Waals surface area contributed by atoms with Crippen molar-refractivity contribution in [3.63, 3.8) is 0 Å². The Hall–Kier alpha value is -2.89. The van der Waals surface area contributed by atoms with E-state index >= 15 is 0 Å². The van der Waals surface area contributed by atoms with Crippen molar-refractivity contribution in [3.8, 4) is 0 Å². The number of nitro benzene ring substituents is 1. The lowest BCUT2D eigenvalue weighted by Gasteiger charge is -2.20. The van der Waals surface area contributed by atoms with Crippen LogP contribution < -0.4 is 10.6 Å². The smallest absolute Gasteiger partial charge is 0.292 e. The van der Waals surface area contributed by atoms with Gasteiger partial charge >= 0.3 is 0 Å². The number of nitro groups is 1. The lowest BCUT2D eigenvalue weighted by atomic mass is 9.92. The van der Waals surface area contributed by atoms with Crippen LogP contribution in [0.5, 0.6) is 0 Å². The molecule has 0 aliphatic carbocycles. The van der Waals surface area contributed by atoms with E-state index in [0.717, 1.165) is 16.8 Å². The van der Waals surface area contributed by atoms with Crippen molar-refractivity contribution in [2.75, 3.05) is 17.2 Å². The summed E-state index contributed by atoms with van der Waals surface area (Å²) < 4.78 is 0. The molecule has 0 bridgehead atoms. The first-order chi connectivity index (χ1) is 12.8. The molecule has 0 unspecified atom stereocenters. The summed E-state index contributed by atoms with van der Waals surface area (Å²) in [6.07, 6.45) is 0.218. The molecule has 1 amide bonds. The minimum absolute atomic E-state index is 0.00477. The van der Waals surface area contributed by atoms with Gasteiger partial charge in [0.2, 0.25) is 5.91 Å². The topological polar surface area (TPSA) is 84.3 Å². The number of carbonyl (C=O) groups excluding carboxylic acids is 1. The van der Waals surface area contributed by atoms with Crippen molar-refractivity contribution >= 4 is 23.0 Å². The third-order valence-corrected chi connectivity index (χ3v) is 4.41. The van der Waals surface area contributed by atoms with Gasteiger partial charge in [0, 0.05) is 24.7 Å². The molecule has 2 rings (SSSR count). The largest absolute Gasteiger partial charge is 0.379 e. The molecule has 0 fully saturated rings.